The van der Waals surface area contributed by atoms with E-state index in [0.29, 0.717) is 0 Å². The molecule has 0 atom stereocenters. The van der Waals surface area contributed by atoms with Gasteiger partial charge in [0.25, 0.3) is 0 Å². The first-order valence-corrected chi connectivity index (χ1v) is 7.18. The normalized spacial score (nSPS) is 11.1. The molecule has 3 aromatic rings. The first-order valence-electron chi connectivity index (χ1n) is 6.30. The molecule has 0 unspecified atom stereocenters. The maximum Gasteiger partial charge on any atom is 0.203 e. The van der Waals surface area contributed by atoms with Crippen molar-refractivity contribution < 1.29 is 0 Å². The smallest absolute Gasteiger partial charge is 0.203 e. The second-order valence-corrected chi connectivity index (χ2v) is 5.58. The molecule has 3 rings (SSSR count). The highest BCUT2D eigenvalue weighted by Crippen LogP contribution is 2.17. The Hall–Kier alpha value is -1.88. The summed E-state index contributed by atoms with van der Waals surface area (Å²) in [7, 11) is 2.03. The van der Waals surface area contributed by atoms with Gasteiger partial charge >= 0.3 is 0 Å². The summed E-state index contributed by atoms with van der Waals surface area (Å²) in [6.45, 7) is 2.88. The fourth-order valence-corrected chi connectivity index (χ4v) is 2.78. The molecule has 0 radical (unpaired) electrons. The number of rotatable bonds is 4. The van der Waals surface area contributed by atoms with E-state index in [0.717, 1.165) is 40.6 Å². The fraction of sp³-hybridized carbons (Fsp3) is 0.286. The molecule has 5 heteroatoms. The molecule has 0 aliphatic rings. The number of nitrogens with one attached hydrogen (secondary N) is 1. The van der Waals surface area contributed by atoms with E-state index in [9.17, 15) is 0 Å². The lowest BCUT2D eigenvalue weighted by atomic mass is 10.3. The zero-order chi connectivity index (χ0) is 13.2. The van der Waals surface area contributed by atoms with Gasteiger partial charge in [0.05, 0.1) is 21.7 Å². The second-order valence-electron chi connectivity index (χ2n) is 4.52. The lowest BCUT2D eigenvalue weighted by Gasteiger charge is -2.04. The molecule has 2 heterocycles. The number of hydrogen-bond donors (Lipinski definition) is 1. The van der Waals surface area contributed by atoms with Crippen LogP contribution in [0.4, 0.5) is 5.95 Å². The molecular weight excluding hydrogens is 256 g/mol. The van der Waals surface area contributed by atoms with Crippen LogP contribution in [-0.2, 0) is 13.5 Å². The highest BCUT2D eigenvalue weighted by Gasteiger charge is 2.06. The largest absolute Gasteiger partial charge is 0.355 e. The van der Waals surface area contributed by atoms with Gasteiger partial charge in [-0.05, 0) is 19.1 Å². The molecule has 0 saturated heterocycles. The highest BCUT2D eigenvalue weighted by atomic mass is 32.1. The quantitative estimate of drug-likeness (QED) is 0.794. The number of imidazole rings is 1. The zero-order valence-electron chi connectivity index (χ0n) is 11.1. The van der Waals surface area contributed by atoms with Gasteiger partial charge in [-0.15, -0.1) is 11.3 Å². The molecular formula is C14H16N4S. The second kappa shape index (κ2) is 5.01. The van der Waals surface area contributed by atoms with E-state index in [-0.39, 0.29) is 0 Å². The summed E-state index contributed by atoms with van der Waals surface area (Å²) in [6, 6.07) is 8.16. The molecule has 0 amide bonds. The van der Waals surface area contributed by atoms with E-state index in [4.69, 9.17) is 0 Å². The van der Waals surface area contributed by atoms with Crippen LogP contribution in [0.25, 0.3) is 11.0 Å². The third-order valence-corrected chi connectivity index (χ3v) is 3.94. The van der Waals surface area contributed by atoms with Crippen LogP contribution in [0.3, 0.4) is 0 Å². The number of aromatic nitrogens is 3. The third kappa shape index (κ3) is 2.46. The van der Waals surface area contributed by atoms with Crippen molar-refractivity contribution in [1.29, 1.82) is 0 Å². The Kier molecular flexibility index (Phi) is 3.21. The molecule has 0 aliphatic carbocycles. The van der Waals surface area contributed by atoms with Crippen LogP contribution in [0.2, 0.25) is 0 Å². The average molecular weight is 272 g/mol. The number of thiazole rings is 1. The van der Waals surface area contributed by atoms with Crippen LogP contribution in [0.1, 0.15) is 10.7 Å². The summed E-state index contributed by atoms with van der Waals surface area (Å²) < 4.78 is 2.08. The Bertz CT molecular complexity index is 698. The van der Waals surface area contributed by atoms with Gasteiger partial charge in [0.1, 0.15) is 0 Å². The van der Waals surface area contributed by atoms with Crippen LogP contribution in [-0.4, -0.2) is 21.1 Å². The predicted molar refractivity (Wildman–Crippen MR) is 79.8 cm³/mol. The molecule has 0 bridgehead atoms. The zero-order valence-corrected chi connectivity index (χ0v) is 11.9. The molecule has 2 aromatic heterocycles. The van der Waals surface area contributed by atoms with Gasteiger partial charge in [-0.3, -0.25) is 0 Å². The average Bonchev–Trinajstić information content (AvgIpc) is 2.96. The van der Waals surface area contributed by atoms with E-state index in [2.05, 4.69) is 31.3 Å². The Morgan fingerprint density at radius 1 is 1.26 bits per heavy atom. The van der Waals surface area contributed by atoms with Gasteiger partial charge < -0.3 is 9.88 Å². The molecule has 0 spiro atoms. The van der Waals surface area contributed by atoms with Crippen molar-refractivity contribution in [2.75, 3.05) is 11.9 Å². The molecule has 19 heavy (non-hydrogen) atoms. The van der Waals surface area contributed by atoms with Crippen LogP contribution < -0.4 is 5.32 Å². The Balaban J connectivity index is 1.70. The number of benzene rings is 1. The Labute approximate surface area is 116 Å². The van der Waals surface area contributed by atoms with E-state index in [1.165, 1.54) is 0 Å². The predicted octanol–water partition coefficient (Wildman–Crippen LogP) is 2.99. The van der Waals surface area contributed by atoms with Crippen LogP contribution in [0, 0.1) is 6.92 Å². The van der Waals surface area contributed by atoms with Gasteiger partial charge in [-0.1, -0.05) is 12.1 Å². The maximum atomic E-state index is 4.58. The topological polar surface area (TPSA) is 42.7 Å². The summed E-state index contributed by atoms with van der Waals surface area (Å²) in [5, 5.41) is 6.62. The lowest BCUT2D eigenvalue weighted by Crippen LogP contribution is -2.09. The Morgan fingerprint density at radius 2 is 2.11 bits per heavy atom. The van der Waals surface area contributed by atoms with Crippen molar-refractivity contribution in [3.05, 3.63) is 40.3 Å². The molecule has 4 nitrogen and oxygen atoms in total. The van der Waals surface area contributed by atoms with E-state index < -0.39 is 0 Å². The van der Waals surface area contributed by atoms with Crippen LogP contribution in [0.5, 0.6) is 0 Å². The minimum Gasteiger partial charge on any atom is -0.355 e. The standard InChI is InChI=1S/C14H16N4S/c1-10-16-11(9-19-10)7-8-15-14-17-12-5-3-4-6-13(12)18(14)2/h3-6,9H,7-8H2,1-2H3,(H,15,17). The summed E-state index contributed by atoms with van der Waals surface area (Å²) >= 11 is 1.70. The molecule has 0 aliphatic heterocycles. The summed E-state index contributed by atoms with van der Waals surface area (Å²) in [4.78, 5) is 9.04. The molecule has 98 valence electrons. The monoisotopic (exact) mass is 272 g/mol. The lowest BCUT2D eigenvalue weighted by molar-refractivity contribution is 0.900. The van der Waals surface area contributed by atoms with E-state index >= 15 is 0 Å². The number of nitrogens with zero attached hydrogens (tertiary/aromatic N) is 3. The van der Waals surface area contributed by atoms with Gasteiger partial charge in [0.15, 0.2) is 0 Å². The van der Waals surface area contributed by atoms with E-state index in [1.807, 2.05) is 32.2 Å². The Morgan fingerprint density at radius 3 is 2.84 bits per heavy atom. The van der Waals surface area contributed by atoms with E-state index in [1.54, 1.807) is 11.3 Å². The fourth-order valence-electron chi connectivity index (χ4n) is 2.13. The number of fused-ring (bicyclic) bond motifs is 1. The molecule has 0 saturated carbocycles. The SMILES string of the molecule is Cc1nc(CCNc2nc3ccccc3n2C)cs1. The molecule has 1 N–H and O–H groups in total. The number of para-hydroxylation sites is 2. The van der Waals surface area contributed by atoms with Crippen molar-refractivity contribution in [2.24, 2.45) is 7.05 Å². The first kappa shape index (κ1) is 12.2. The minimum atomic E-state index is 0.848. The van der Waals surface area contributed by atoms with Gasteiger partial charge in [0, 0.05) is 25.4 Å². The van der Waals surface area contributed by atoms with Gasteiger partial charge in [-0.2, -0.15) is 0 Å². The van der Waals surface area contributed by atoms with Crippen molar-refractivity contribution >= 4 is 28.3 Å². The molecule has 1 aromatic carbocycles. The number of aryl methyl sites for hydroxylation is 2. The van der Waals surface area contributed by atoms with Crippen LogP contribution in [0.15, 0.2) is 29.6 Å². The summed E-state index contributed by atoms with van der Waals surface area (Å²) in [5.41, 5.74) is 3.32. The minimum absolute atomic E-state index is 0.848. The maximum absolute atomic E-state index is 4.58. The summed E-state index contributed by atoms with van der Waals surface area (Å²) in [5.74, 6) is 0.910. The first-order chi connectivity index (χ1) is 9.24. The van der Waals surface area contributed by atoms with Crippen molar-refractivity contribution in [3.63, 3.8) is 0 Å². The highest BCUT2D eigenvalue weighted by molar-refractivity contribution is 7.09. The summed E-state index contributed by atoms with van der Waals surface area (Å²) in [6.07, 6.45) is 0.924. The third-order valence-electron chi connectivity index (χ3n) is 3.12. The number of hydrogen-bond acceptors (Lipinski definition) is 4. The van der Waals surface area contributed by atoms with Crippen molar-refractivity contribution in [2.45, 2.75) is 13.3 Å². The van der Waals surface area contributed by atoms with Crippen molar-refractivity contribution in [3.8, 4) is 0 Å². The van der Waals surface area contributed by atoms with Gasteiger partial charge in [0.2, 0.25) is 5.95 Å². The van der Waals surface area contributed by atoms with Crippen LogP contribution >= 0.6 is 11.3 Å². The molecule has 0 fully saturated rings. The van der Waals surface area contributed by atoms with Crippen molar-refractivity contribution in [1.82, 2.24) is 14.5 Å². The van der Waals surface area contributed by atoms with Gasteiger partial charge in [-0.25, -0.2) is 9.97 Å². The number of anilines is 1.